The molecule has 0 saturated heterocycles. The molecule has 0 aliphatic carbocycles. The number of benzene rings is 1. The largest absolute Gasteiger partial charge is 0.255 e. The zero-order valence-electron chi connectivity index (χ0n) is 10.0. The Hall–Kier alpha value is -1.64. The standard InChI is InChI=1S/C13H17N3/c1-10(2)8-11-4-6-12(7-5-11)13-14-9-16(3)15-13/h4-7,9-10H,8H2,1-3H3. The normalized spacial score (nSPS) is 11.0. The molecule has 0 radical (unpaired) electrons. The highest BCUT2D eigenvalue weighted by molar-refractivity contribution is 5.54. The molecule has 0 atom stereocenters. The van der Waals surface area contributed by atoms with E-state index in [9.17, 15) is 0 Å². The Bertz CT molecular complexity index is 454. The molecule has 2 rings (SSSR count). The fourth-order valence-corrected chi connectivity index (χ4v) is 1.73. The van der Waals surface area contributed by atoms with Crippen LogP contribution in [0.15, 0.2) is 30.6 Å². The predicted molar refractivity (Wildman–Crippen MR) is 65.0 cm³/mol. The van der Waals surface area contributed by atoms with Gasteiger partial charge >= 0.3 is 0 Å². The van der Waals surface area contributed by atoms with Crippen LogP contribution in [0.4, 0.5) is 0 Å². The van der Waals surface area contributed by atoms with Gasteiger partial charge in [-0.1, -0.05) is 38.1 Å². The van der Waals surface area contributed by atoms with Crippen LogP contribution in [-0.4, -0.2) is 14.8 Å². The lowest BCUT2D eigenvalue weighted by molar-refractivity contribution is 0.647. The van der Waals surface area contributed by atoms with Gasteiger partial charge in [0.2, 0.25) is 0 Å². The lowest BCUT2D eigenvalue weighted by Gasteiger charge is -2.04. The topological polar surface area (TPSA) is 30.7 Å². The smallest absolute Gasteiger partial charge is 0.181 e. The van der Waals surface area contributed by atoms with Crippen LogP contribution >= 0.6 is 0 Å². The Labute approximate surface area is 96.1 Å². The van der Waals surface area contributed by atoms with E-state index < -0.39 is 0 Å². The van der Waals surface area contributed by atoms with E-state index in [1.165, 1.54) is 5.56 Å². The first kappa shape index (κ1) is 10.9. The summed E-state index contributed by atoms with van der Waals surface area (Å²) in [5.74, 6) is 1.48. The fourth-order valence-electron chi connectivity index (χ4n) is 1.73. The van der Waals surface area contributed by atoms with Crippen molar-refractivity contribution in [3.05, 3.63) is 36.2 Å². The van der Waals surface area contributed by atoms with E-state index in [0.29, 0.717) is 5.92 Å². The van der Waals surface area contributed by atoms with Crippen LogP contribution in [0.25, 0.3) is 11.4 Å². The van der Waals surface area contributed by atoms with Crippen LogP contribution in [0.1, 0.15) is 19.4 Å². The highest BCUT2D eigenvalue weighted by Gasteiger charge is 2.03. The fraction of sp³-hybridized carbons (Fsp3) is 0.385. The number of aromatic nitrogens is 3. The van der Waals surface area contributed by atoms with Crippen LogP contribution in [0.2, 0.25) is 0 Å². The van der Waals surface area contributed by atoms with Gasteiger partial charge in [-0.15, -0.1) is 0 Å². The zero-order chi connectivity index (χ0) is 11.5. The van der Waals surface area contributed by atoms with E-state index >= 15 is 0 Å². The van der Waals surface area contributed by atoms with Gasteiger partial charge in [-0.2, -0.15) is 5.10 Å². The van der Waals surface area contributed by atoms with E-state index in [4.69, 9.17) is 0 Å². The average Bonchev–Trinajstić information content (AvgIpc) is 2.65. The minimum absolute atomic E-state index is 0.693. The van der Waals surface area contributed by atoms with Gasteiger partial charge in [0.15, 0.2) is 5.82 Å². The molecule has 0 fully saturated rings. The zero-order valence-corrected chi connectivity index (χ0v) is 10.0. The summed E-state index contributed by atoms with van der Waals surface area (Å²) in [5.41, 5.74) is 2.45. The maximum atomic E-state index is 4.28. The molecule has 3 nitrogen and oxygen atoms in total. The molecule has 0 aliphatic heterocycles. The SMILES string of the molecule is CC(C)Cc1ccc(-c2ncn(C)n2)cc1. The molecule has 2 aromatic rings. The van der Waals surface area contributed by atoms with E-state index in [2.05, 4.69) is 48.2 Å². The van der Waals surface area contributed by atoms with Crippen molar-refractivity contribution in [2.45, 2.75) is 20.3 Å². The monoisotopic (exact) mass is 215 g/mol. The van der Waals surface area contributed by atoms with Gasteiger partial charge in [-0.3, -0.25) is 4.68 Å². The Morgan fingerprint density at radius 3 is 2.38 bits per heavy atom. The van der Waals surface area contributed by atoms with E-state index in [1.807, 2.05) is 7.05 Å². The van der Waals surface area contributed by atoms with Crippen molar-refractivity contribution in [1.29, 1.82) is 0 Å². The minimum atomic E-state index is 0.693. The molecule has 3 heteroatoms. The lowest BCUT2D eigenvalue weighted by Crippen LogP contribution is -1.94. The first-order valence-corrected chi connectivity index (χ1v) is 5.60. The number of rotatable bonds is 3. The van der Waals surface area contributed by atoms with Gasteiger partial charge in [0.25, 0.3) is 0 Å². The van der Waals surface area contributed by atoms with E-state index in [-0.39, 0.29) is 0 Å². The molecule has 16 heavy (non-hydrogen) atoms. The second kappa shape index (κ2) is 4.47. The first-order chi connectivity index (χ1) is 7.65. The third-order valence-electron chi connectivity index (χ3n) is 2.46. The summed E-state index contributed by atoms with van der Waals surface area (Å²) in [6.45, 7) is 4.46. The van der Waals surface area contributed by atoms with Crippen molar-refractivity contribution < 1.29 is 0 Å². The molecule has 0 saturated carbocycles. The Balaban J connectivity index is 2.19. The third kappa shape index (κ3) is 2.48. The highest BCUT2D eigenvalue weighted by Crippen LogP contribution is 2.16. The van der Waals surface area contributed by atoms with Crippen molar-refractivity contribution in [3.63, 3.8) is 0 Å². The Morgan fingerprint density at radius 2 is 1.88 bits per heavy atom. The third-order valence-corrected chi connectivity index (χ3v) is 2.46. The number of aryl methyl sites for hydroxylation is 1. The molecule has 0 unspecified atom stereocenters. The molecular formula is C13H17N3. The summed E-state index contributed by atoms with van der Waals surface area (Å²) in [7, 11) is 1.88. The number of hydrogen-bond donors (Lipinski definition) is 0. The van der Waals surface area contributed by atoms with Crippen molar-refractivity contribution in [3.8, 4) is 11.4 Å². The predicted octanol–water partition coefficient (Wildman–Crippen LogP) is 2.68. The Morgan fingerprint density at radius 1 is 1.19 bits per heavy atom. The van der Waals surface area contributed by atoms with Gasteiger partial charge in [0, 0.05) is 12.6 Å². The molecule has 0 aliphatic rings. The summed E-state index contributed by atoms with van der Waals surface area (Å²) < 4.78 is 1.72. The minimum Gasteiger partial charge on any atom is -0.255 e. The molecule has 1 aromatic heterocycles. The lowest BCUT2D eigenvalue weighted by atomic mass is 10.0. The van der Waals surface area contributed by atoms with Gasteiger partial charge < -0.3 is 0 Å². The Kier molecular flexibility index (Phi) is 3.04. The van der Waals surface area contributed by atoms with E-state index in [1.54, 1.807) is 11.0 Å². The van der Waals surface area contributed by atoms with Crippen LogP contribution in [0.5, 0.6) is 0 Å². The molecule has 0 N–H and O–H groups in total. The maximum Gasteiger partial charge on any atom is 0.181 e. The molecule has 0 bridgehead atoms. The molecule has 0 spiro atoms. The molecular weight excluding hydrogens is 198 g/mol. The molecule has 0 amide bonds. The molecule has 1 heterocycles. The van der Waals surface area contributed by atoms with Gasteiger partial charge in [0.05, 0.1) is 0 Å². The molecule has 84 valence electrons. The van der Waals surface area contributed by atoms with Gasteiger partial charge in [-0.05, 0) is 17.9 Å². The van der Waals surface area contributed by atoms with Crippen molar-refractivity contribution in [2.75, 3.05) is 0 Å². The van der Waals surface area contributed by atoms with Gasteiger partial charge in [-0.25, -0.2) is 4.98 Å². The second-order valence-electron chi connectivity index (χ2n) is 4.54. The highest BCUT2D eigenvalue weighted by atomic mass is 15.3. The quantitative estimate of drug-likeness (QED) is 0.788. The van der Waals surface area contributed by atoms with Gasteiger partial charge in [0.1, 0.15) is 6.33 Å². The average molecular weight is 215 g/mol. The van der Waals surface area contributed by atoms with Crippen molar-refractivity contribution >= 4 is 0 Å². The number of hydrogen-bond acceptors (Lipinski definition) is 2. The molecule has 1 aromatic carbocycles. The second-order valence-corrected chi connectivity index (χ2v) is 4.54. The van der Waals surface area contributed by atoms with Crippen LogP contribution < -0.4 is 0 Å². The summed E-state index contributed by atoms with van der Waals surface area (Å²) in [5, 5.41) is 4.28. The summed E-state index contributed by atoms with van der Waals surface area (Å²) in [4.78, 5) is 4.23. The van der Waals surface area contributed by atoms with Crippen LogP contribution in [0, 0.1) is 5.92 Å². The number of nitrogens with zero attached hydrogens (tertiary/aromatic N) is 3. The van der Waals surface area contributed by atoms with Crippen LogP contribution in [0.3, 0.4) is 0 Å². The van der Waals surface area contributed by atoms with E-state index in [0.717, 1.165) is 17.8 Å². The summed E-state index contributed by atoms with van der Waals surface area (Å²) >= 11 is 0. The summed E-state index contributed by atoms with van der Waals surface area (Å²) in [6, 6.07) is 8.50. The van der Waals surface area contributed by atoms with Crippen molar-refractivity contribution in [1.82, 2.24) is 14.8 Å². The maximum absolute atomic E-state index is 4.28. The summed E-state index contributed by atoms with van der Waals surface area (Å²) in [6.07, 6.45) is 2.84. The van der Waals surface area contributed by atoms with Crippen molar-refractivity contribution in [2.24, 2.45) is 13.0 Å². The first-order valence-electron chi connectivity index (χ1n) is 5.60. The van der Waals surface area contributed by atoms with Crippen LogP contribution in [-0.2, 0) is 13.5 Å².